The Bertz CT molecular complexity index is 847. The van der Waals surface area contributed by atoms with Crippen molar-refractivity contribution in [2.24, 2.45) is 5.92 Å². The molecule has 1 rings (SSSR count). The minimum Gasteiger partial charge on any atom is -0.468 e. The SMILES string of the molecule is COC(=O)CNC(=O)C(c1cccc(C)c1)N(C)C(=O)C(CC(C)C)NC(=O)OC(C)(C)C. The van der Waals surface area contributed by atoms with Crippen LogP contribution >= 0.6 is 0 Å². The van der Waals surface area contributed by atoms with Crippen molar-refractivity contribution in [1.29, 1.82) is 0 Å². The number of esters is 1. The molecule has 0 saturated heterocycles. The topological polar surface area (TPSA) is 114 Å². The van der Waals surface area contributed by atoms with E-state index in [1.807, 2.05) is 26.8 Å². The molecule has 3 amide bonds. The zero-order chi connectivity index (χ0) is 25.3. The van der Waals surface area contributed by atoms with Gasteiger partial charge in [0, 0.05) is 7.05 Å². The molecule has 0 saturated carbocycles. The third-order valence-corrected chi connectivity index (χ3v) is 4.67. The van der Waals surface area contributed by atoms with Gasteiger partial charge in [-0.25, -0.2) is 4.79 Å². The minimum absolute atomic E-state index is 0.0906. The molecule has 0 spiro atoms. The van der Waals surface area contributed by atoms with Gasteiger partial charge in [-0.2, -0.15) is 0 Å². The van der Waals surface area contributed by atoms with Crippen molar-refractivity contribution in [3.63, 3.8) is 0 Å². The molecule has 0 heterocycles. The van der Waals surface area contributed by atoms with E-state index in [-0.39, 0.29) is 12.5 Å². The van der Waals surface area contributed by atoms with Crippen molar-refractivity contribution in [3.05, 3.63) is 35.4 Å². The van der Waals surface area contributed by atoms with E-state index in [9.17, 15) is 19.2 Å². The summed E-state index contributed by atoms with van der Waals surface area (Å²) in [5.41, 5.74) is 0.762. The maximum atomic E-state index is 13.5. The van der Waals surface area contributed by atoms with Gasteiger partial charge in [0.15, 0.2) is 0 Å². The van der Waals surface area contributed by atoms with Gasteiger partial charge < -0.3 is 25.0 Å². The molecule has 0 aromatic heterocycles. The van der Waals surface area contributed by atoms with Crippen LogP contribution in [-0.2, 0) is 23.9 Å². The first-order valence-electron chi connectivity index (χ1n) is 10.9. The molecule has 0 aliphatic carbocycles. The van der Waals surface area contributed by atoms with Crippen LogP contribution in [0, 0.1) is 12.8 Å². The average molecular weight is 464 g/mol. The van der Waals surface area contributed by atoms with Crippen LogP contribution in [0.3, 0.4) is 0 Å². The van der Waals surface area contributed by atoms with Gasteiger partial charge in [0.2, 0.25) is 11.8 Å². The summed E-state index contributed by atoms with van der Waals surface area (Å²) in [6.07, 6.45) is -0.357. The summed E-state index contributed by atoms with van der Waals surface area (Å²) in [5.74, 6) is -1.51. The molecule has 0 bridgehead atoms. The first kappa shape index (κ1) is 27.9. The van der Waals surface area contributed by atoms with Crippen molar-refractivity contribution in [3.8, 4) is 0 Å². The van der Waals surface area contributed by atoms with Gasteiger partial charge in [-0.1, -0.05) is 43.7 Å². The van der Waals surface area contributed by atoms with Crippen molar-refractivity contribution in [2.45, 2.75) is 65.6 Å². The second kappa shape index (κ2) is 12.2. The number of ether oxygens (including phenoxy) is 2. The summed E-state index contributed by atoms with van der Waals surface area (Å²) in [4.78, 5) is 51.7. The number of methoxy groups -OCH3 is 1. The number of nitrogens with one attached hydrogen (secondary N) is 2. The van der Waals surface area contributed by atoms with Gasteiger partial charge in [-0.3, -0.25) is 14.4 Å². The summed E-state index contributed by atoms with van der Waals surface area (Å²) in [6, 6.07) is 5.28. The molecule has 2 atom stereocenters. The number of carbonyl (C=O) groups excluding carboxylic acids is 4. The molecule has 1 aromatic carbocycles. The Hall–Kier alpha value is -3.10. The third kappa shape index (κ3) is 9.51. The van der Waals surface area contributed by atoms with Crippen LogP contribution in [0.15, 0.2) is 24.3 Å². The van der Waals surface area contributed by atoms with E-state index in [1.54, 1.807) is 39.0 Å². The Morgan fingerprint density at radius 3 is 2.27 bits per heavy atom. The highest BCUT2D eigenvalue weighted by Gasteiger charge is 2.34. The van der Waals surface area contributed by atoms with Crippen LogP contribution < -0.4 is 10.6 Å². The summed E-state index contributed by atoms with van der Waals surface area (Å²) in [7, 11) is 2.72. The second-order valence-electron chi connectivity index (χ2n) is 9.39. The number of likely N-dealkylation sites (N-methyl/N-ethyl adjacent to an activating group) is 1. The highest BCUT2D eigenvalue weighted by molar-refractivity contribution is 5.93. The maximum absolute atomic E-state index is 13.5. The van der Waals surface area contributed by atoms with Crippen LogP contribution in [0.4, 0.5) is 4.79 Å². The van der Waals surface area contributed by atoms with Crippen molar-refractivity contribution < 1.29 is 28.7 Å². The van der Waals surface area contributed by atoms with E-state index in [2.05, 4.69) is 15.4 Å². The van der Waals surface area contributed by atoms with E-state index in [4.69, 9.17) is 4.74 Å². The lowest BCUT2D eigenvalue weighted by atomic mass is 9.99. The Morgan fingerprint density at radius 1 is 1.12 bits per heavy atom. The van der Waals surface area contributed by atoms with Crippen molar-refractivity contribution >= 4 is 23.9 Å². The van der Waals surface area contributed by atoms with E-state index >= 15 is 0 Å². The molecule has 184 valence electrons. The van der Waals surface area contributed by atoms with Crippen LogP contribution in [0.25, 0.3) is 0 Å². The number of aryl methyl sites for hydroxylation is 1. The summed E-state index contributed by atoms with van der Waals surface area (Å²) in [6.45, 7) is 10.6. The Kier molecular flexibility index (Phi) is 10.3. The fourth-order valence-corrected chi connectivity index (χ4v) is 3.23. The lowest BCUT2D eigenvalue weighted by Gasteiger charge is -2.32. The van der Waals surface area contributed by atoms with Gasteiger partial charge in [0.1, 0.15) is 24.2 Å². The molecule has 2 unspecified atom stereocenters. The van der Waals surface area contributed by atoms with Crippen LogP contribution in [0.1, 0.15) is 58.2 Å². The lowest BCUT2D eigenvalue weighted by Crippen LogP contribution is -2.52. The zero-order valence-corrected chi connectivity index (χ0v) is 20.9. The van der Waals surface area contributed by atoms with Crippen LogP contribution in [-0.4, -0.2) is 61.1 Å². The van der Waals surface area contributed by atoms with Gasteiger partial charge >= 0.3 is 12.1 Å². The minimum atomic E-state index is -1.02. The van der Waals surface area contributed by atoms with E-state index < -0.39 is 41.6 Å². The molecular formula is C24H37N3O6. The summed E-state index contributed by atoms with van der Waals surface area (Å²) < 4.78 is 9.90. The number of hydrogen-bond acceptors (Lipinski definition) is 6. The molecule has 0 aliphatic heterocycles. The fraction of sp³-hybridized carbons (Fsp3) is 0.583. The smallest absolute Gasteiger partial charge is 0.408 e. The summed E-state index contributed by atoms with van der Waals surface area (Å²) >= 11 is 0. The Labute approximate surface area is 196 Å². The fourth-order valence-electron chi connectivity index (χ4n) is 3.23. The number of rotatable bonds is 9. The van der Waals surface area contributed by atoms with Crippen LogP contribution in [0.5, 0.6) is 0 Å². The number of benzene rings is 1. The Balaban J connectivity index is 3.23. The van der Waals surface area contributed by atoms with Gasteiger partial charge in [-0.15, -0.1) is 0 Å². The molecule has 0 radical (unpaired) electrons. The quantitative estimate of drug-likeness (QED) is 0.545. The highest BCUT2D eigenvalue weighted by Crippen LogP contribution is 2.23. The third-order valence-electron chi connectivity index (χ3n) is 4.67. The molecule has 9 nitrogen and oxygen atoms in total. The summed E-state index contributed by atoms with van der Waals surface area (Å²) in [5, 5.41) is 5.16. The van der Waals surface area contributed by atoms with Crippen molar-refractivity contribution in [1.82, 2.24) is 15.5 Å². The first-order valence-corrected chi connectivity index (χ1v) is 10.9. The largest absolute Gasteiger partial charge is 0.468 e. The number of hydrogen-bond donors (Lipinski definition) is 2. The molecule has 0 aliphatic rings. The van der Waals surface area contributed by atoms with Gasteiger partial charge in [0.25, 0.3) is 0 Å². The molecule has 1 aromatic rings. The number of alkyl carbamates (subject to hydrolysis) is 1. The molecular weight excluding hydrogens is 426 g/mol. The van der Waals surface area contributed by atoms with E-state index in [1.165, 1.54) is 19.1 Å². The highest BCUT2D eigenvalue weighted by atomic mass is 16.6. The van der Waals surface area contributed by atoms with Crippen molar-refractivity contribution in [2.75, 3.05) is 20.7 Å². The van der Waals surface area contributed by atoms with Gasteiger partial charge in [-0.05, 0) is 45.6 Å². The molecule has 33 heavy (non-hydrogen) atoms. The lowest BCUT2D eigenvalue weighted by molar-refractivity contribution is -0.144. The van der Waals surface area contributed by atoms with E-state index in [0.29, 0.717) is 12.0 Å². The number of carbonyl (C=O) groups is 4. The standard InChI is InChI=1S/C24H37N3O6/c1-15(2)12-18(26-23(31)33-24(4,5)6)22(30)27(7)20(17-11-9-10-16(3)13-17)21(29)25-14-19(28)32-8/h9-11,13,15,18,20H,12,14H2,1-8H3,(H,25,29)(H,26,31). The molecule has 0 fully saturated rings. The second-order valence-corrected chi connectivity index (χ2v) is 9.39. The maximum Gasteiger partial charge on any atom is 0.408 e. The molecule has 2 N–H and O–H groups in total. The predicted octanol–water partition coefficient (Wildman–Crippen LogP) is 2.72. The van der Waals surface area contributed by atoms with Gasteiger partial charge in [0.05, 0.1) is 7.11 Å². The first-order chi connectivity index (χ1) is 15.2. The normalized spacial score (nSPS) is 13.0. The average Bonchev–Trinajstić information content (AvgIpc) is 2.69. The molecule has 9 heteroatoms. The van der Waals surface area contributed by atoms with Crippen LogP contribution in [0.2, 0.25) is 0 Å². The monoisotopic (exact) mass is 463 g/mol. The zero-order valence-electron chi connectivity index (χ0n) is 20.9. The predicted molar refractivity (Wildman–Crippen MR) is 124 cm³/mol. The number of amides is 3. The van der Waals surface area contributed by atoms with E-state index in [0.717, 1.165) is 5.56 Å². The Morgan fingerprint density at radius 2 is 1.76 bits per heavy atom. The number of nitrogens with zero attached hydrogens (tertiary/aromatic N) is 1.